The minimum absolute atomic E-state index is 0.342. The molecule has 26 heteroatoms. The SMILES string of the molecule is COC(=O)c1cc(O)c(O)c(O)c1[C@@H]1c2c(O)c(O)c(O)c3c2C(=O)O[C@H]1[C@@H]([C@H]1OC(=O)c2cc(O)c(O)c(O)c2-c2c(cc(O)c(O)c2O)C(=O)OC[C@@H]1O)OC(=O)c1cc(O)c(O)c(O)c1-3. The fraction of sp³-hybridized carbons (Fsp3) is 0.167. The molecule has 0 radical (unpaired) electrons. The molecule has 0 unspecified atom stereocenters. The summed E-state index contributed by atoms with van der Waals surface area (Å²) in [6, 6.07) is 1.62. The highest BCUT2D eigenvalue weighted by Gasteiger charge is 2.55. The Morgan fingerprint density at radius 3 is 1.35 bits per heavy atom. The predicted molar refractivity (Wildman–Crippen MR) is 212 cm³/mol. The standard InChI is InChI=1S/C42H30O26/c1-64-38(59)7-2-11(43)27(51)31(55)19(7)22-21-23-20(32(56)34(58)33(21)57)18-10(5-14(46)26(50)30(18)54)41(62)68-37(36(22)67-42(23)63)35-15(47)6-65-39(60)8-3-12(44)24(48)28(52)16(8)17-9(40(61)66-35)4-13(45)25(49)29(17)53/h2-5,15,22,35-37,43-58H,6H2,1H3/t15-,22+,35-,36+,37+/m0/s1. The van der Waals surface area contributed by atoms with Gasteiger partial charge in [0, 0.05) is 33.4 Å². The predicted octanol–water partition coefficient (Wildman–Crippen LogP) is 1.36. The van der Waals surface area contributed by atoms with Crippen LogP contribution in [0.25, 0.3) is 22.3 Å². The van der Waals surface area contributed by atoms with Gasteiger partial charge in [0.15, 0.2) is 75.8 Å². The number of ether oxygens (including phenoxy) is 5. The van der Waals surface area contributed by atoms with E-state index in [9.17, 15) is 106 Å². The number of cyclic esters (lactones) is 3. The molecule has 68 heavy (non-hydrogen) atoms. The number of phenols is 15. The molecule has 8 rings (SSSR count). The number of phenolic OH excluding ortho intramolecular Hbond substituents is 15. The lowest BCUT2D eigenvalue weighted by atomic mass is 9.73. The molecular formula is C42H30O26. The molecule has 3 aliphatic heterocycles. The van der Waals surface area contributed by atoms with Crippen molar-refractivity contribution >= 4 is 29.8 Å². The third-order valence-electron chi connectivity index (χ3n) is 11.4. The fourth-order valence-electron chi connectivity index (χ4n) is 8.29. The van der Waals surface area contributed by atoms with Crippen molar-refractivity contribution < 1.29 is 129 Å². The van der Waals surface area contributed by atoms with Crippen LogP contribution in [0.4, 0.5) is 0 Å². The molecule has 0 fully saturated rings. The summed E-state index contributed by atoms with van der Waals surface area (Å²) in [5, 5.41) is 176. The quantitative estimate of drug-likeness (QED) is 0.0689. The van der Waals surface area contributed by atoms with Crippen LogP contribution in [0.5, 0.6) is 86.2 Å². The molecule has 16 N–H and O–H groups in total. The molecule has 5 aromatic rings. The molecule has 0 aromatic heterocycles. The van der Waals surface area contributed by atoms with E-state index in [0.29, 0.717) is 24.3 Å². The van der Waals surface area contributed by atoms with E-state index in [1.807, 2.05) is 0 Å². The Labute approximate surface area is 374 Å². The van der Waals surface area contributed by atoms with E-state index in [-0.39, 0.29) is 0 Å². The van der Waals surface area contributed by atoms with Crippen molar-refractivity contribution in [2.24, 2.45) is 0 Å². The molecule has 0 saturated heterocycles. The molecular weight excluding hydrogens is 920 g/mol. The largest absolute Gasteiger partial charge is 0.504 e. The third-order valence-corrected chi connectivity index (χ3v) is 11.4. The van der Waals surface area contributed by atoms with Gasteiger partial charge in [-0.1, -0.05) is 0 Å². The molecule has 0 amide bonds. The average molecular weight is 951 g/mol. The zero-order valence-electron chi connectivity index (χ0n) is 33.6. The maximum absolute atomic E-state index is 14.6. The van der Waals surface area contributed by atoms with Gasteiger partial charge in [0.05, 0.1) is 40.8 Å². The van der Waals surface area contributed by atoms with Crippen LogP contribution in [0.2, 0.25) is 0 Å². The van der Waals surface area contributed by atoms with Gasteiger partial charge in [-0.3, -0.25) is 0 Å². The van der Waals surface area contributed by atoms with E-state index in [2.05, 4.69) is 0 Å². The molecule has 5 aromatic carbocycles. The summed E-state index contributed by atoms with van der Waals surface area (Å²) in [7, 11) is 0.775. The van der Waals surface area contributed by atoms with Gasteiger partial charge in [0.25, 0.3) is 0 Å². The van der Waals surface area contributed by atoms with Gasteiger partial charge in [-0.05, 0) is 24.3 Å². The van der Waals surface area contributed by atoms with Gasteiger partial charge in [-0.2, -0.15) is 0 Å². The number of carbonyl (C=O) groups excluding carboxylic acids is 5. The van der Waals surface area contributed by atoms with Gasteiger partial charge < -0.3 is 105 Å². The van der Waals surface area contributed by atoms with E-state index in [1.165, 1.54) is 0 Å². The van der Waals surface area contributed by atoms with Crippen molar-refractivity contribution in [3.8, 4) is 108 Å². The first-order valence-corrected chi connectivity index (χ1v) is 18.9. The average Bonchev–Trinajstić information content (AvgIpc) is 3.31. The number of hydrogen-bond acceptors (Lipinski definition) is 26. The number of fused-ring (bicyclic) bond motifs is 7. The maximum atomic E-state index is 14.6. The molecule has 2 bridgehead atoms. The Bertz CT molecular complexity index is 3140. The summed E-state index contributed by atoms with van der Waals surface area (Å²) >= 11 is 0. The second-order valence-electron chi connectivity index (χ2n) is 15.1. The molecule has 354 valence electrons. The molecule has 26 nitrogen and oxygen atoms in total. The van der Waals surface area contributed by atoms with Gasteiger partial charge >= 0.3 is 29.8 Å². The van der Waals surface area contributed by atoms with Crippen LogP contribution in [-0.4, -0.2) is 150 Å². The number of aliphatic hydroxyl groups is 1. The third kappa shape index (κ3) is 6.33. The zero-order valence-corrected chi connectivity index (χ0v) is 33.6. The Morgan fingerprint density at radius 1 is 0.456 bits per heavy atom. The molecule has 3 aliphatic rings. The van der Waals surface area contributed by atoms with E-state index in [1.54, 1.807) is 0 Å². The summed E-state index contributed by atoms with van der Waals surface area (Å²) in [5.74, 6) is -32.9. The molecule has 0 aliphatic carbocycles. The molecule has 0 saturated carbocycles. The van der Waals surface area contributed by atoms with Crippen LogP contribution in [-0.2, 0) is 23.7 Å². The van der Waals surface area contributed by atoms with Crippen molar-refractivity contribution in [1.29, 1.82) is 0 Å². The van der Waals surface area contributed by atoms with Crippen LogP contribution >= 0.6 is 0 Å². The highest BCUT2D eigenvalue weighted by Crippen LogP contribution is 2.61. The Balaban J connectivity index is 1.49. The van der Waals surface area contributed by atoms with Crippen molar-refractivity contribution in [1.82, 2.24) is 0 Å². The number of hydrogen-bond donors (Lipinski definition) is 16. The van der Waals surface area contributed by atoms with E-state index < -0.39 is 214 Å². The number of carbonyl (C=O) groups is 5. The van der Waals surface area contributed by atoms with E-state index in [0.717, 1.165) is 7.11 Å². The number of aliphatic hydroxyl groups excluding tert-OH is 1. The van der Waals surface area contributed by atoms with E-state index >= 15 is 0 Å². The van der Waals surface area contributed by atoms with Crippen molar-refractivity contribution in [3.63, 3.8) is 0 Å². The fourth-order valence-corrected chi connectivity index (χ4v) is 8.29. The molecule has 3 heterocycles. The summed E-state index contributed by atoms with van der Waals surface area (Å²) in [6.45, 7) is -1.46. The Kier molecular flexibility index (Phi) is 10.3. The van der Waals surface area contributed by atoms with Gasteiger partial charge in [-0.15, -0.1) is 0 Å². The summed E-state index contributed by atoms with van der Waals surface area (Å²) in [6.07, 6.45) is -10.9. The van der Waals surface area contributed by atoms with Crippen molar-refractivity contribution in [3.05, 3.63) is 63.2 Å². The normalized spacial score (nSPS) is 19.8. The second-order valence-corrected chi connectivity index (χ2v) is 15.1. The first-order chi connectivity index (χ1) is 31.9. The van der Waals surface area contributed by atoms with Crippen LogP contribution in [0.15, 0.2) is 24.3 Å². The molecule has 0 spiro atoms. The van der Waals surface area contributed by atoms with Crippen molar-refractivity contribution in [2.75, 3.05) is 13.7 Å². The number of rotatable bonds is 3. The van der Waals surface area contributed by atoms with Crippen LogP contribution < -0.4 is 0 Å². The lowest BCUT2D eigenvalue weighted by molar-refractivity contribution is -0.132. The highest BCUT2D eigenvalue weighted by atomic mass is 16.6. The monoisotopic (exact) mass is 950 g/mol. The minimum atomic E-state index is -2.82. The van der Waals surface area contributed by atoms with Crippen LogP contribution in [0.1, 0.15) is 68.8 Å². The summed E-state index contributed by atoms with van der Waals surface area (Å²) in [4.78, 5) is 70.8. The van der Waals surface area contributed by atoms with Crippen molar-refractivity contribution in [2.45, 2.75) is 30.3 Å². The topological polar surface area (TPSA) is 455 Å². The summed E-state index contributed by atoms with van der Waals surface area (Å²) < 4.78 is 27.0. The first-order valence-electron chi connectivity index (χ1n) is 18.9. The first kappa shape index (κ1) is 45.0. The number of benzene rings is 5. The van der Waals surface area contributed by atoms with Gasteiger partial charge in [0.1, 0.15) is 12.7 Å². The van der Waals surface area contributed by atoms with Crippen LogP contribution in [0, 0.1) is 0 Å². The lowest BCUT2D eigenvalue weighted by Gasteiger charge is -2.42. The highest BCUT2D eigenvalue weighted by molar-refractivity contribution is 6.11. The number of esters is 5. The Morgan fingerprint density at radius 2 is 0.853 bits per heavy atom. The zero-order chi connectivity index (χ0) is 49.9. The van der Waals surface area contributed by atoms with E-state index in [4.69, 9.17) is 23.7 Å². The second kappa shape index (κ2) is 15.5. The van der Waals surface area contributed by atoms with Gasteiger partial charge in [-0.25, -0.2) is 24.0 Å². The number of methoxy groups -OCH3 is 1. The smallest absolute Gasteiger partial charge is 0.339 e. The maximum Gasteiger partial charge on any atom is 0.339 e. The minimum Gasteiger partial charge on any atom is -0.504 e. The number of aromatic hydroxyl groups is 15. The Hall–Kier alpha value is -9.59. The summed E-state index contributed by atoms with van der Waals surface area (Å²) in [5.41, 5.74) is -12.4. The molecule has 5 atom stereocenters. The van der Waals surface area contributed by atoms with Crippen LogP contribution in [0.3, 0.4) is 0 Å². The van der Waals surface area contributed by atoms with Gasteiger partial charge in [0.2, 0.25) is 28.7 Å². The lowest BCUT2D eigenvalue weighted by Crippen LogP contribution is -2.55.